The number of hydrogen-bond donors (Lipinski definition) is 2. The van der Waals surface area contributed by atoms with Crippen molar-refractivity contribution in [1.29, 1.82) is 0 Å². The number of nitrogens with zero attached hydrogens (tertiary/aromatic N) is 1. The third-order valence-corrected chi connectivity index (χ3v) is 3.74. The lowest BCUT2D eigenvalue weighted by Gasteiger charge is -2.09. The molecule has 2 N–H and O–H groups in total. The number of nitrogens with one attached hydrogen (secondary N) is 2. The Morgan fingerprint density at radius 1 is 1.24 bits per heavy atom. The third kappa shape index (κ3) is 4.60. The van der Waals surface area contributed by atoms with Gasteiger partial charge in [-0.05, 0) is 36.2 Å². The number of pyridine rings is 1. The second kappa shape index (κ2) is 8.34. The van der Waals surface area contributed by atoms with E-state index in [-0.39, 0.29) is 12.7 Å². The molecule has 7 heteroatoms. The van der Waals surface area contributed by atoms with E-state index in [1.807, 2.05) is 18.2 Å². The Bertz CT molecular complexity index is 736. The molecule has 2 heterocycles. The molecule has 0 atom stereocenters. The van der Waals surface area contributed by atoms with Crippen LogP contribution in [0.3, 0.4) is 0 Å². The molecule has 0 saturated carbocycles. The van der Waals surface area contributed by atoms with Crippen LogP contribution in [0.15, 0.2) is 36.5 Å². The van der Waals surface area contributed by atoms with Crippen LogP contribution >= 0.6 is 0 Å². The van der Waals surface area contributed by atoms with Crippen molar-refractivity contribution in [2.75, 3.05) is 32.4 Å². The second-order valence-corrected chi connectivity index (χ2v) is 5.57. The first-order chi connectivity index (χ1) is 12.3. The molecule has 0 unspecified atom stereocenters. The fourth-order valence-electron chi connectivity index (χ4n) is 2.43. The average Bonchev–Trinajstić information content (AvgIpc) is 3.11. The molecule has 1 amide bonds. The van der Waals surface area contributed by atoms with E-state index in [0.717, 1.165) is 23.5 Å². The highest BCUT2D eigenvalue weighted by Gasteiger charge is 2.13. The number of ether oxygens (including phenoxy) is 3. The first kappa shape index (κ1) is 17.0. The van der Waals surface area contributed by atoms with Gasteiger partial charge in [-0.1, -0.05) is 6.07 Å². The normalized spacial score (nSPS) is 12.0. The number of methoxy groups -OCH3 is 1. The minimum atomic E-state index is -0.121. The molecule has 25 heavy (non-hydrogen) atoms. The fraction of sp³-hybridized carbons (Fsp3) is 0.333. The van der Waals surface area contributed by atoms with Gasteiger partial charge in [-0.2, -0.15) is 0 Å². The maximum Gasteiger partial charge on any atom is 0.251 e. The van der Waals surface area contributed by atoms with Crippen LogP contribution < -0.4 is 20.1 Å². The highest BCUT2D eigenvalue weighted by atomic mass is 16.7. The minimum Gasteiger partial charge on any atom is -0.454 e. The van der Waals surface area contributed by atoms with Gasteiger partial charge in [-0.15, -0.1) is 0 Å². The quantitative estimate of drug-likeness (QED) is 0.715. The van der Waals surface area contributed by atoms with Gasteiger partial charge in [0.1, 0.15) is 5.82 Å². The van der Waals surface area contributed by atoms with E-state index in [1.54, 1.807) is 25.4 Å². The third-order valence-electron chi connectivity index (χ3n) is 3.74. The lowest BCUT2D eigenvalue weighted by Crippen LogP contribution is -2.25. The molecule has 132 valence electrons. The van der Waals surface area contributed by atoms with Crippen LogP contribution in [0, 0.1) is 0 Å². The van der Waals surface area contributed by atoms with Gasteiger partial charge in [0.05, 0.1) is 0 Å². The first-order valence-corrected chi connectivity index (χ1v) is 8.12. The molecule has 0 bridgehead atoms. The van der Waals surface area contributed by atoms with Gasteiger partial charge in [0.2, 0.25) is 6.79 Å². The Kier molecular flexibility index (Phi) is 5.69. The predicted octanol–water partition coefficient (Wildman–Crippen LogP) is 2.19. The van der Waals surface area contributed by atoms with E-state index in [9.17, 15) is 4.79 Å². The largest absolute Gasteiger partial charge is 0.454 e. The summed E-state index contributed by atoms with van der Waals surface area (Å²) in [6.45, 7) is 2.03. The Balaban J connectivity index is 1.55. The van der Waals surface area contributed by atoms with Crippen molar-refractivity contribution in [2.24, 2.45) is 0 Å². The summed E-state index contributed by atoms with van der Waals surface area (Å²) in [5, 5.41) is 6.07. The molecule has 0 spiro atoms. The maximum atomic E-state index is 12.1. The van der Waals surface area contributed by atoms with Crippen LogP contribution in [0.1, 0.15) is 22.3 Å². The molecule has 1 aromatic carbocycles. The number of rotatable bonds is 8. The molecule has 0 saturated heterocycles. The van der Waals surface area contributed by atoms with Crippen molar-refractivity contribution < 1.29 is 19.0 Å². The van der Waals surface area contributed by atoms with E-state index in [0.29, 0.717) is 31.1 Å². The molecule has 0 fully saturated rings. The molecule has 0 radical (unpaired) electrons. The van der Waals surface area contributed by atoms with Gasteiger partial charge in [-0.3, -0.25) is 4.79 Å². The molecule has 3 rings (SSSR count). The van der Waals surface area contributed by atoms with Crippen LogP contribution in [0.5, 0.6) is 11.5 Å². The van der Waals surface area contributed by atoms with E-state index in [2.05, 4.69) is 15.6 Å². The Labute approximate surface area is 146 Å². The van der Waals surface area contributed by atoms with Crippen LogP contribution in [-0.4, -0.2) is 37.9 Å². The van der Waals surface area contributed by atoms with E-state index < -0.39 is 0 Å². The Morgan fingerprint density at radius 3 is 3.00 bits per heavy atom. The fourth-order valence-corrected chi connectivity index (χ4v) is 2.43. The standard InChI is InChI=1S/C18H21N3O4/c1-23-8-2-6-20-18(22)14-5-7-19-17(10-14)21-11-13-3-4-15-16(9-13)25-12-24-15/h3-5,7,9-10H,2,6,8,11-12H2,1H3,(H,19,21)(H,20,22). The monoisotopic (exact) mass is 343 g/mol. The van der Waals surface area contributed by atoms with Gasteiger partial charge < -0.3 is 24.8 Å². The number of carbonyl (C=O) groups is 1. The molecular weight excluding hydrogens is 322 g/mol. The summed E-state index contributed by atoms with van der Waals surface area (Å²) >= 11 is 0. The van der Waals surface area contributed by atoms with Gasteiger partial charge >= 0.3 is 0 Å². The van der Waals surface area contributed by atoms with E-state index >= 15 is 0 Å². The molecule has 0 aliphatic carbocycles. The topological polar surface area (TPSA) is 81.7 Å². The molecule has 1 aliphatic rings. The zero-order valence-corrected chi connectivity index (χ0v) is 14.1. The van der Waals surface area contributed by atoms with Crippen molar-refractivity contribution in [3.05, 3.63) is 47.7 Å². The van der Waals surface area contributed by atoms with Gasteiger partial charge in [0.25, 0.3) is 5.91 Å². The van der Waals surface area contributed by atoms with Crippen LogP contribution in [0.2, 0.25) is 0 Å². The highest BCUT2D eigenvalue weighted by molar-refractivity contribution is 5.94. The second-order valence-electron chi connectivity index (χ2n) is 5.57. The SMILES string of the molecule is COCCCNC(=O)c1ccnc(NCc2ccc3c(c2)OCO3)c1. The lowest BCUT2D eigenvalue weighted by molar-refractivity contribution is 0.0948. The zero-order chi connectivity index (χ0) is 17.5. The van der Waals surface area contributed by atoms with Crippen molar-refractivity contribution >= 4 is 11.7 Å². The van der Waals surface area contributed by atoms with E-state index in [1.165, 1.54) is 0 Å². The van der Waals surface area contributed by atoms with Gasteiger partial charge in [0.15, 0.2) is 11.5 Å². The molecule has 7 nitrogen and oxygen atoms in total. The summed E-state index contributed by atoms with van der Waals surface area (Å²) in [5.41, 5.74) is 1.61. The van der Waals surface area contributed by atoms with Gasteiger partial charge in [0, 0.05) is 38.6 Å². The Hall–Kier alpha value is -2.80. The predicted molar refractivity (Wildman–Crippen MR) is 93.0 cm³/mol. The highest BCUT2D eigenvalue weighted by Crippen LogP contribution is 2.32. The summed E-state index contributed by atoms with van der Waals surface area (Å²) in [6, 6.07) is 9.21. The molecule has 1 aromatic heterocycles. The van der Waals surface area contributed by atoms with Crippen molar-refractivity contribution in [1.82, 2.24) is 10.3 Å². The smallest absolute Gasteiger partial charge is 0.251 e. The van der Waals surface area contributed by atoms with Crippen molar-refractivity contribution in [2.45, 2.75) is 13.0 Å². The summed E-state index contributed by atoms with van der Waals surface area (Å²) in [6.07, 6.45) is 2.40. The zero-order valence-electron chi connectivity index (χ0n) is 14.1. The lowest BCUT2D eigenvalue weighted by atomic mass is 10.2. The Morgan fingerprint density at radius 2 is 2.12 bits per heavy atom. The van der Waals surface area contributed by atoms with Crippen molar-refractivity contribution in [3.63, 3.8) is 0 Å². The van der Waals surface area contributed by atoms with Crippen LogP contribution in [0.25, 0.3) is 0 Å². The molecular formula is C18H21N3O4. The summed E-state index contributed by atoms with van der Waals surface area (Å²) in [7, 11) is 1.64. The number of hydrogen-bond acceptors (Lipinski definition) is 6. The number of anilines is 1. The van der Waals surface area contributed by atoms with Crippen LogP contribution in [-0.2, 0) is 11.3 Å². The maximum absolute atomic E-state index is 12.1. The molecule has 2 aromatic rings. The van der Waals surface area contributed by atoms with Gasteiger partial charge in [-0.25, -0.2) is 4.98 Å². The number of fused-ring (bicyclic) bond motifs is 1. The average molecular weight is 343 g/mol. The summed E-state index contributed by atoms with van der Waals surface area (Å²) in [5.74, 6) is 2.03. The van der Waals surface area contributed by atoms with E-state index in [4.69, 9.17) is 14.2 Å². The van der Waals surface area contributed by atoms with Crippen LogP contribution in [0.4, 0.5) is 5.82 Å². The number of carbonyl (C=O) groups excluding carboxylic acids is 1. The first-order valence-electron chi connectivity index (χ1n) is 8.12. The number of amides is 1. The van der Waals surface area contributed by atoms with Crippen molar-refractivity contribution in [3.8, 4) is 11.5 Å². The minimum absolute atomic E-state index is 0.121. The number of benzene rings is 1. The number of aromatic nitrogens is 1. The summed E-state index contributed by atoms with van der Waals surface area (Å²) in [4.78, 5) is 16.4. The molecule has 1 aliphatic heterocycles. The summed E-state index contributed by atoms with van der Waals surface area (Å²) < 4.78 is 15.6.